The fourth-order valence-corrected chi connectivity index (χ4v) is 4.03. The molecule has 0 saturated heterocycles. The third-order valence-corrected chi connectivity index (χ3v) is 5.48. The van der Waals surface area contributed by atoms with E-state index in [9.17, 15) is 9.59 Å². The Morgan fingerprint density at radius 3 is 2.46 bits per heavy atom. The van der Waals surface area contributed by atoms with Gasteiger partial charge in [-0.2, -0.15) is 0 Å². The zero-order valence-electron chi connectivity index (χ0n) is 15.2. The standard InChI is InChI=1S/C19H25N3O2S2/c1-3-10-22(11-4-2)18(24)14-26-19-20-15(12-17(23)21-19)13-25-16-8-6-5-7-9-16/h5-9,12H,3-4,10-11,13-14H2,1-2H3,(H,20,21,23). The number of H-pyrrole nitrogens is 1. The second-order valence-corrected chi connectivity index (χ2v) is 7.83. The van der Waals surface area contributed by atoms with E-state index in [2.05, 4.69) is 23.8 Å². The number of nitrogens with zero attached hydrogens (tertiary/aromatic N) is 2. The summed E-state index contributed by atoms with van der Waals surface area (Å²) < 4.78 is 0. The Morgan fingerprint density at radius 1 is 1.12 bits per heavy atom. The maximum absolute atomic E-state index is 12.4. The molecule has 7 heteroatoms. The predicted octanol–water partition coefficient (Wildman–Crippen LogP) is 3.80. The lowest BCUT2D eigenvalue weighted by Gasteiger charge is -2.21. The summed E-state index contributed by atoms with van der Waals surface area (Å²) in [4.78, 5) is 34.5. The third kappa shape index (κ3) is 6.88. The molecule has 0 unspecified atom stereocenters. The van der Waals surface area contributed by atoms with Crippen LogP contribution in [0.4, 0.5) is 0 Å². The quantitative estimate of drug-likeness (QED) is 0.493. The summed E-state index contributed by atoms with van der Waals surface area (Å²) >= 11 is 2.93. The van der Waals surface area contributed by atoms with Crippen molar-refractivity contribution >= 4 is 29.4 Å². The number of nitrogens with one attached hydrogen (secondary N) is 1. The van der Waals surface area contributed by atoms with Gasteiger partial charge in [-0.1, -0.05) is 43.8 Å². The number of thioether (sulfide) groups is 2. The maximum Gasteiger partial charge on any atom is 0.251 e. The van der Waals surface area contributed by atoms with Crippen molar-refractivity contribution in [3.63, 3.8) is 0 Å². The molecule has 0 radical (unpaired) electrons. The maximum atomic E-state index is 12.4. The number of aromatic amines is 1. The number of hydrogen-bond acceptors (Lipinski definition) is 5. The predicted molar refractivity (Wildman–Crippen MR) is 109 cm³/mol. The van der Waals surface area contributed by atoms with Gasteiger partial charge in [0.15, 0.2) is 5.16 Å². The van der Waals surface area contributed by atoms with Crippen LogP contribution in [0.3, 0.4) is 0 Å². The zero-order valence-corrected chi connectivity index (χ0v) is 16.9. The fourth-order valence-electron chi connectivity index (χ4n) is 2.42. The molecule has 0 bridgehead atoms. The van der Waals surface area contributed by atoms with E-state index < -0.39 is 0 Å². The number of amides is 1. The number of carbonyl (C=O) groups excluding carboxylic acids is 1. The minimum absolute atomic E-state index is 0.0883. The van der Waals surface area contributed by atoms with Crippen molar-refractivity contribution in [3.8, 4) is 0 Å². The van der Waals surface area contributed by atoms with E-state index >= 15 is 0 Å². The van der Waals surface area contributed by atoms with Crippen LogP contribution in [0.2, 0.25) is 0 Å². The zero-order chi connectivity index (χ0) is 18.8. The van der Waals surface area contributed by atoms with Crippen LogP contribution in [0.1, 0.15) is 32.4 Å². The lowest BCUT2D eigenvalue weighted by Crippen LogP contribution is -2.33. The molecule has 0 fully saturated rings. The molecule has 2 aromatic rings. The first-order valence-corrected chi connectivity index (χ1v) is 10.8. The van der Waals surface area contributed by atoms with Crippen molar-refractivity contribution in [1.29, 1.82) is 0 Å². The molecule has 26 heavy (non-hydrogen) atoms. The van der Waals surface area contributed by atoms with Gasteiger partial charge in [0.05, 0.1) is 11.4 Å². The second-order valence-electron chi connectivity index (χ2n) is 5.81. The van der Waals surface area contributed by atoms with Crippen molar-refractivity contribution in [2.45, 2.75) is 42.5 Å². The SMILES string of the molecule is CCCN(CCC)C(=O)CSc1nc(CSc2ccccc2)cc(=O)[nH]1. The first-order chi connectivity index (χ1) is 12.6. The normalized spacial score (nSPS) is 10.7. The third-order valence-electron chi connectivity index (χ3n) is 3.58. The monoisotopic (exact) mass is 391 g/mol. The first kappa shape index (κ1) is 20.6. The summed E-state index contributed by atoms with van der Waals surface area (Å²) in [6.07, 6.45) is 1.88. The molecule has 1 heterocycles. The van der Waals surface area contributed by atoms with E-state index in [0.29, 0.717) is 10.9 Å². The number of aromatic nitrogens is 2. The van der Waals surface area contributed by atoms with Gasteiger partial charge in [0.2, 0.25) is 5.91 Å². The Hall–Kier alpha value is -1.73. The van der Waals surface area contributed by atoms with E-state index in [-0.39, 0.29) is 17.2 Å². The number of rotatable bonds is 10. The Balaban J connectivity index is 1.96. The lowest BCUT2D eigenvalue weighted by atomic mass is 10.3. The average molecular weight is 392 g/mol. The van der Waals surface area contributed by atoms with Gasteiger partial charge in [0.25, 0.3) is 5.56 Å². The molecule has 0 aliphatic heterocycles. The van der Waals surface area contributed by atoms with Gasteiger partial charge in [-0.25, -0.2) is 4.98 Å². The number of hydrogen-bond donors (Lipinski definition) is 1. The van der Waals surface area contributed by atoms with Crippen molar-refractivity contribution in [2.24, 2.45) is 0 Å². The van der Waals surface area contributed by atoms with E-state index in [1.54, 1.807) is 11.8 Å². The van der Waals surface area contributed by atoms with Crippen molar-refractivity contribution in [2.75, 3.05) is 18.8 Å². The van der Waals surface area contributed by atoms with Crippen molar-refractivity contribution in [3.05, 3.63) is 52.4 Å². The first-order valence-electron chi connectivity index (χ1n) is 8.81. The highest BCUT2D eigenvalue weighted by molar-refractivity contribution is 7.99. The summed E-state index contributed by atoms with van der Waals surface area (Å²) in [6, 6.07) is 11.5. The Bertz CT molecular complexity index is 744. The molecule has 0 atom stereocenters. The molecule has 1 aromatic heterocycles. The molecule has 0 aliphatic carbocycles. The molecule has 1 aromatic carbocycles. The second kappa shape index (κ2) is 11.1. The fraction of sp³-hybridized carbons (Fsp3) is 0.421. The van der Waals surface area contributed by atoms with Crippen LogP contribution in [0.15, 0.2) is 51.2 Å². The Morgan fingerprint density at radius 2 is 1.81 bits per heavy atom. The molecule has 0 spiro atoms. The van der Waals surface area contributed by atoms with Crippen LogP contribution < -0.4 is 5.56 Å². The molecule has 0 aliphatic rings. The van der Waals surface area contributed by atoms with Crippen LogP contribution in [-0.4, -0.2) is 39.6 Å². The largest absolute Gasteiger partial charge is 0.342 e. The van der Waals surface area contributed by atoms with Gasteiger partial charge in [-0.15, -0.1) is 11.8 Å². The van der Waals surface area contributed by atoms with Gasteiger partial charge >= 0.3 is 0 Å². The topological polar surface area (TPSA) is 66.1 Å². The van der Waals surface area contributed by atoms with E-state index in [1.807, 2.05) is 35.2 Å². The summed E-state index contributed by atoms with van der Waals surface area (Å²) in [5, 5.41) is 0.502. The van der Waals surface area contributed by atoms with E-state index in [1.165, 1.54) is 17.8 Å². The van der Waals surface area contributed by atoms with Gasteiger partial charge < -0.3 is 9.88 Å². The summed E-state index contributed by atoms with van der Waals surface area (Å²) in [5.41, 5.74) is 0.536. The number of carbonyl (C=O) groups is 1. The molecule has 0 saturated carbocycles. The summed E-state index contributed by atoms with van der Waals surface area (Å²) in [6.45, 7) is 5.67. The van der Waals surface area contributed by atoms with Gasteiger partial charge in [0.1, 0.15) is 0 Å². The highest BCUT2D eigenvalue weighted by Gasteiger charge is 2.13. The summed E-state index contributed by atoms with van der Waals surface area (Å²) in [7, 11) is 0. The molecular weight excluding hydrogens is 366 g/mol. The highest BCUT2D eigenvalue weighted by atomic mass is 32.2. The van der Waals surface area contributed by atoms with Crippen LogP contribution in [0.5, 0.6) is 0 Å². The van der Waals surface area contributed by atoms with Crippen LogP contribution in [0.25, 0.3) is 0 Å². The molecule has 2 rings (SSSR count). The Labute approximate surface area is 163 Å². The minimum Gasteiger partial charge on any atom is -0.342 e. The number of benzene rings is 1. The van der Waals surface area contributed by atoms with Crippen molar-refractivity contribution in [1.82, 2.24) is 14.9 Å². The van der Waals surface area contributed by atoms with Crippen molar-refractivity contribution < 1.29 is 4.79 Å². The van der Waals surface area contributed by atoms with Gasteiger partial charge in [-0.3, -0.25) is 9.59 Å². The highest BCUT2D eigenvalue weighted by Crippen LogP contribution is 2.21. The van der Waals surface area contributed by atoms with Crippen LogP contribution in [0, 0.1) is 0 Å². The molecule has 140 valence electrons. The summed E-state index contributed by atoms with van der Waals surface area (Å²) in [5.74, 6) is 0.997. The molecular formula is C19H25N3O2S2. The van der Waals surface area contributed by atoms with Crippen LogP contribution >= 0.6 is 23.5 Å². The van der Waals surface area contributed by atoms with Gasteiger partial charge in [-0.05, 0) is 25.0 Å². The van der Waals surface area contributed by atoms with E-state index in [4.69, 9.17) is 0 Å². The van der Waals surface area contributed by atoms with Gasteiger partial charge in [0, 0.05) is 29.8 Å². The molecule has 5 nitrogen and oxygen atoms in total. The smallest absolute Gasteiger partial charge is 0.251 e. The van der Waals surface area contributed by atoms with E-state index in [0.717, 1.165) is 36.5 Å². The Kier molecular flexibility index (Phi) is 8.77. The lowest BCUT2D eigenvalue weighted by molar-refractivity contribution is -0.128. The molecule has 1 amide bonds. The minimum atomic E-state index is -0.183. The molecule has 1 N–H and O–H groups in total. The average Bonchev–Trinajstić information content (AvgIpc) is 2.65. The van der Waals surface area contributed by atoms with Crippen LogP contribution in [-0.2, 0) is 10.5 Å².